The van der Waals surface area contributed by atoms with E-state index in [9.17, 15) is 26.4 Å². The lowest BCUT2D eigenvalue weighted by molar-refractivity contribution is -0.137. The topological polar surface area (TPSA) is 71.4 Å². The van der Waals surface area contributed by atoms with Gasteiger partial charge in [-0.3, -0.25) is 4.79 Å². The van der Waals surface area contributed by atoms with Crippen molar-refractivity contribution in [2.24, 2.45) is 0 Å². The van der Waals surface area contributed by atoms with E-state index in [4.69, 9.17) is 5.11 Å². The van der Waals surface area contributed by atoms with Crippen LogP contribution in [0.5, 0.6) is 0 Å². The predicted molar refractivity (Wildman–Crippen MR) is 41.3 cm³/mol. The summed E-state index contributed by atoms with van der Waals surface area (Å²) in [5.74, 6) is -1.97. The summed E-state index contributed by atoms with van der Waals surface area (Å²) in [6, 6.07) is 0. The molecule has 0 aromatic carbocycles. The van der Waals surface area contributed by atoms with Gasteiger partial charge in [0.25, 0.3) is 9.84 Å². The summed E-state index contributed by atoms with van der Waals surface area (Å²) in [7, 11) is -5.60. The van der Waals surface area contributed by atoms with Gasteiger partial charge >= 0.3 is 11.5 Å². The Bertz CT molecular complexity index is 306. The van der Waals surface area contributed by atoms with Crippen LogP contribution in [0.4, 0.5) is 13.2 Å². The van der Waals surface area contributed by atoms with Crippen molar-refractivity contribution in [1.29, 1.82) is 0 Å². The highest BCUT2D eigenvalue weighted by molar-refractivity contribution is 7.93. The zero-order valence-corrected chi connectivity index (χ0v) is 8.02. The molecule has 0 bridgehead atoms. The first-order chi connectivity index (χ1) is 6.14. The number of hydrogen-bond donors (Lipinski definition) is 1. The SMILES string of the molecule is CCCC(C(=O)O)S(=O)(=O)C(F)(F)F. The molecule has 8 heteroatoms. The monoisotopic (exact) mass is 234 g/mol. The van der Waals surface area contributed by atoms with Crippen molar-refractivity contribution in [3.05, 3.63) is 0 Å². The third kappa shape index (κ3) is 2.60. The zero-order chi connectivity index (χ0) is 11.6. The Balaban J connectivity index is 5.12. The van der Waals surface area contributed by atoms with Gasteiger partial charge < -0.3 is 5.11 Å². The number of hydrogen-bond acceptors (Lipinski definition) is 3. The van der Waals surface area contributed by atoms with Gasteiger partial charge in [0.1, 0.15) is 0 Å². The fourth-order valence-corrected chi connectivity index (χ4v) is 1.97. The molecule has 0 aliphatic heterocycles. The Hall–Kier alpha value is -0.790. The highest BCUT2D eigenvalue weighted by Crippen LogP contribution is 2.29. The van der Waals surface area contributed by atoms with Crippen LogP contribution in [0, 0.1) is 0 Å². The van der Waals surface area contributed by atoms with E-state index >= 15 is 0 Å². The third-order valence-corrected chi connectivity index (χ3v) is 3.36. The third-order valence-electron chi connectivity index (χ3n) is 1.52. The van der Waals surface area contributed by atoms with Crippen LogP contribution in [0.15, 0.2) is 0 Å². The number of carboxylic acid groups (broad SMARTS) is 1. The summed E-state index contributed by atoms with van der Waals surface area (Å²) >= 11 is 0. The highest BCUT2D eigenvalue weighted by Gasteiger charge is 2.53. The van der Waals surface area contributed by atoms with Crippen LogP contribution < -0.4 is 0 Å². The Morgan fingerprint density at radius 2 is 1.86 bits per heavy atom. The normalized spacial score (nSPS) is 15.1. The number of halogens is 3. The fraction of sp³-hybridized carbons (Fsp3) is 0.833. The van der Waals surface area contributed by atoms with Crippen molar-refractivity contribution >= 4 is 15.8 Å². The first-order valence-electron chi connectivity index (χ1n) is 3.67. The molecule has 1 unspecified atom stereocenters. The Morgan fingerprint density at radius 3 is 2.07 bits per heavy atom. The molecule has 1 atom stereocenters. The molecule has 0 aromatic rings. The second-order valence-corrected chi connectivity index (χ2v) is 4.73. The predicted octanol–water partition coefficient (Wildman–Crippen LogP) is 1.17. The van der Waals surface area contributed by atoms with Crippen molar-refractivity contribution in [1.82, 2.24) is 0 Å². The van der Waals surface area contributed by atoms with Crippen molar-refractivity contribution in [2.45, 2.75) is 30.5 Å². The molecule has 84 valence electrons. The Morgan fingerprint density at radius 1 is 1.43 bits per heavy atom. The van der Waals surface area contributed by atoms with Crippen molar-refractivity contribution in [2.75, 3.05) is 0 Å². The number of rotatable bonds is 4. The molecule has 0 heterocycles. The first kappa shape index (κ1) is 13.2. The second kappa shape index (κ2) is 4.16. The van der Waals surface area contributed by atoms with Crippen LogP contribution in [-0.2, 0) is 14.6 Å². The van der Waals surface area contributed by atoms with Gasteiger partial charge in [0.15, 0.2) is 5.25 Å². The van der Waals surface area contributed by atoms with Gasteiger partial charge in [-0.05, 0) is 6.42 Å². The fourth-order valence-electron chi connectivity index (χ4n) is 0.835. The molecule has 0 rings (SSSR count). The molecular weight excluding hydrogens is 225 g/mol. The highest BCUT2D eigenvalue weighted by atomic mass is 32.2. The van der Waals surface area contributed by atoms with Crippen LogP contribution in [0.3, 0.4) is 0 Å². The summed E-state index contributed by atoms with van der Waals surface area (Å²) in [6.07, 6.45) is -0.497. The van der Waals surface area contributed by atoms with Gasteiger partial charge in [0, 0.05) is 0 Å². The van der Waals surface area contributed by atoms with Gasteiger partial charge in [-0.15, -0.1) is 0 Å². The summed E-state index contributed by atoms with van der Waals surface area (Å²) in [5, 5.41) is 5.93. The largest absolute Gasteiger partial charge is 0.498 e. The van der Waals surface area contributed by atoms with Gasteiger partial charge in [-0.1, -0.05) is 13.3 Å². The lowest BCUT2D eigenvalue weighted by Crippen LogP contribution is -2.39. The summed E-state index contributed by atoms with van der Waals surface area (Å²) in [4.78, 5) is 10.3. The number of alkyl halides is 3. The molecule has 0 radical (unpaired) electrons. The smallest absolute Gasteiger partial charge is 0.480 e. The first-order valence-corrected chi connectivity index (χ1v) is 5.22. The van der Waals surface area contributed by atoms with E-state index in [1.165, 1.54) is 6.92 Å². The maximum atomic E-state index is 11.9. The minimum absolute atomic E-state index is 0.0479. The molecule has 14 heavy (non-hydrogen) atoms. The molecule has 0 aliphatic carbocycles. The van der Waals surface area contributed by atoms with Gasteiger partial charge in [-0.2, -0.15) is 13.2 Å². The van der Waals surface area contributed by atoms with Crippen LogP contribution in [0.2, 0.25) is 0 Å². The van der Waals surface area contributed by atoms with E-state index in [1.807, 2.05) is 0 Å². The van der Waals surface area contributed by atoms with Gasteiger partial charge in [-0.25, -0.2) is 8.42 Å². The molecule has 0 fully saturated rings. The number of carboxylic acids is 1. The summed E-state index contributed by atoms with van der Waals surface area (Å²) in [5.41, 5.74) is -5.51. The molecule has 0 spiro atoms. The van der Waals surface area contributed by atoms with E-state index in [-0.39, 0.29) is 6.42 Å². The lowest BCUT2D eigenvalue weighted by Gasteiger charge is -2.14. The quantitative estimate of drug-likeness (QED) is 0.792. The van der Waals surface area contributed by atoms with E-state index in [1.54, 1.807) is 0 Å². The van der Waals surface area contributed by atoms with Crippen molar-refractivity contribution < 1.29 is 31.5 Å². The van der Waals surface area contributed by atoms with Crippen molar-refractivity contribution in [3.63, 3.8) is 0 Å². The number of sulfone groups is 1. The summed E-state index contributed by atoms with van der Waals surface area (Å²) in [6.45, 7) is 1.40. The standard InChI is InChI=1S/C6H9F3O4S/c1-2-3-4(5(10)11)14(12,13)6(7,8)9/h4H,2-3H2,1H3,(H,10,11). The minimum Gasteiger partial charge on any atom is -0.480 e. The molecule has 4 nitrogen and oxygen atoms in total. The van der Waals surface area contributed by atoms with Gasteiger partial charge in [0.05, 0.1) is 0 Å². The van der Waals surface area contributed by atoms with Gasteiger partial charge in [0.2, 0.25) is 0 Å². The van der Waals surface area contributed by atoms with Crippen LogP contribution in [0.25, 0.3) is 0 Å². The van der Waals surface area contributed by atoms with E-state index < -0.39 is 33.0 Å². The minimum atomic E-state index is -5.60. The number of aliphatic carboxylic acids is 1. The molecule has 0 amide bonds. The van der Waals surface area contributed by atoms with E-state index in [0.717, 1.165) is 0 Å². The van der Waals surface area contributed by atoms with E-state index in [2.05, 4.69) is 0 Å². The lowest BCUT2D eigenvalue weighted by atomic mass is 10.2. The Kier molecular flexibility index (Phi) is 3.92. The van der Waals surface area contributed by atoms with Crippen molar-refractivity contribution in [3.8, 4) is 0 Å². The molecular formula is C6H9F3O4S. The molecule has 0 saturated carbocycles. The maximum Gasteiger partial charge on any atom is 0.498 e. The Labute approximate surface area is 78.6 Å². The molecule has 1 N–H and O–H groups in total. The zero-order valence-electron chi connectivity index (χ0n) is 7.21. The summed E-state index contributed by atoms with van der Waals surface area (Å²) < 4.78 is 57.1. The average Bonchev–Trinajstić information content (AvgIpc) is 1.96. The average molecular weight is 234 g/mol. The van der Waals surface area contributed by atoms with Crippen LogP contribution >= 0.6 is 0 Å². The molecule has 0 aromatic heterocycles. The second-order valence-electron chi connectivity index (χ2n) is 2.61. The van der Waals surface area contributed by atoms with Crippen LogP contribution in [-0.4, -0.2) is 30.3 Å². The van der Waals surface area contributed by atoms with Crippen LogP contribution in [0.1, 0.15) is 19.8 Å². The maximum absolute atomic E-state index is 11.9. The molecule has 0 saturated heterocycles. The van der Waals surface area contributed by atoms with E-state index in [0.29, 0.717) is 0 Å². The number of carbonyl (C=O) groups is 1. The molecule has 0 aliphatic rings.